The largest absolute Gasteiger partial charge is 0.506 e. The molecule has 28 heavy (non-hydrogen) atoms. The van der Waals surface area contributed by atoms with E-state index < -0.39 is 17.5 Å². The first-order chi connectivity index (χ1) is 13.3. The molecule has 4 heterocycles. The van der Waals surface area contributed by atoms with Crippen molar-refractivity contribution in [2.45, 2.75) is 50.9 Å². The second kappa shape index (κ2) is 7.16. The summed E-state index contributed by atoms with van der Waals surface area (Å²) in [5, 5.41) is 21.5. The smallest absolute Gasteiger partial charge is 0.418 e. The van der Waals surface area contributed by atoms with Crippen LogP contribution in [0.3, 0.4) is 0 Å². The van der Waals surface area contributed by atoms with Gasteiger partial charge in [-0.2, -0.15) is 13.2 Å². The topological polar surface area (TPSA) is 87.1 Å². The summed E-state index contributed by atoms with van der Waals surface area (Å²) >= 11 is 0. The molecule has 2 atom stereocenters. The summed E-state index contributed by atoms with van der Waals surface area (Å²) in [6, 6.07) is 1.35. The van der Waals surface area contributed by atoms with Crippen molar-refractivity contribution in [1.29, 1.82) is 0 Å². The van der Waals surface area contributed by atoms with Gasteiger partial charge in [0.15, 0.2) is 0 Å². The Morgan fingerprint density at radius 2 is 1.89 bits per heavy atom. The third-order valence-corrected chi connectivity index (χ3v) is 5.43. The number of halogens is 3. The molecule has 150 valence electrons. The number of pyridine rings is 1. The van der Waals surface area contributed by atoms with E-state index in [-0.39, 0.29) is 17.4 Å². The molecule has 0 saturated carbocycles. The number of aromatic nitrogens is 4. The second-order valence-electron chi connectivity index (χ2n) is 7.30. The molecule has 10 heteroatoms. The highest BCUT2D eigenvalue weighted by Gasteiger charge is 2.35. The van der Waals surface area contributed by atoms with Gasteiger partial charge >= 0.3 is 6.18 Å². The number of anilines is 1. The number of aromatic hydroxyl groups is 1. The van der Waals surface area contributed by atoms with Crippen LogP contribution >= 0.6 is 0 Å². The number of hydrogen-bond acceptors (Lipinski definition) is 7. The monoisotopic (exact) mass is 394 g/mol. The summed E-state index contributed by atoms with van der Waals surface area (Å²) in [5.41, 5.74) is -0.511. The van der Waals surface area contributed by atoms with Crippen LogP contribution in [0, 0.1) is 6.92 Å². The van der Waals surface area contributed by atoms with Crippen molar-refractivity contribution in [1.82, 2.24) is 25.1 Å². The van der Waals surface area contributed by atoms with Gasteiger partial charge in [0.05, 0.1) is 11.3 Å². The van der Waals surface area contributed by atoms with Crippen LogP contribution in [0.1, 0.15) is 36.9 Å². The molecule has 0 amide bonds. The summed E-state index contributed by atoms with van der Waals surface area (Å²) in [5.74, 6) is -0.227. The number of nitrogens with zero attached hydrogens (tertiary/aromatic N) is 5. The van der Waals surface area contributed by atoms with E-state index in [4.69, 9.17) is 0 Å². The molecule has 2 fully saturated rings. The van der Waals surface area contributed by atoms with Crippen molar-refractivity contribution in [2.75, 3.05) is 18.4 Å². The minimum Gasteiger partial charge on any atom is -0.506 e. The Morgan fingerprint density at radius 1 is 1.14 bits per heavy atom. The van der Waals surface area contributed by atoms with Crippen molar-refractivity contribution < 1.29 is 18.3 Å². The highest BCUT2D eigenvalue weighted by molar-refractivity contribution is 5.64. The maximum absolute atomic E-state index is 12.7. The van der Waals surface area contributed by atoms with Gasteiger partial charge < -0.3 is 10.4 Å². The second-order valence-corrected chi connectivity index (χ2v) is 7.30. The van der Waals surface area contributed by atoms with E-state index in [9.17, 15) is 18.3 Å². The molecule has 0 radical (unpaired) electrons. The van der Waals surface area contributed by atoms with E-state index in [0.717, 1.165) is 32.4 Å². The van der Waals surface area contributed by atoms with E-state index in [0.29, 0.717) is 29.9 Å². The Labute approximate surface area is 160 Å². The fourth-order valence-electron chi connectivity index (χ4n) is 4.10. The van der Waals surface area contributed by atoms with Gasteiger partial charge in [0.1, 0.15) is 17.1 Å². The fraction of sp³-hybridized carbons (Fsp3) is 0.556. The van der Waals surface area contributed by atoms with Crippen LogP contribution < -0.4 is 5.32 Å². The van der Waals surface area contributed by atoms with Gasteiger partial charge in [-0.25, -0.2) is 9.97 Å². The molecule has 2 aromatic rings. The number of fused-ring (bicyclic) bond motifs is 1. The number of alkyl halides is 3. The Hall–Kier alpha value is -2.49. The molecule has 2 N–H and O–H groups in total. The van der Waals surface area contributed by atoms with Crippen LogP contribution in [0.4, 0.5) is 19.1 Å². The molecule has 2 aromatic heterocycles. The molecular weight excluding hydrogens is 373 g/mol. The lowest BCUT2D eigenvalue weighted by Gasteiger charge is -2.36. The minimum atomic E-state index is -4.58. The Morgan fingerprint density at radius 3 is 2.57 bits per heavy atom. The van der Waals surface area contributed by atoms with Gasteiger partial charge in [-0.1, -0.05) is 0 Å². The lowest BCUT2D eigenvalue weighted by atomic mass is 9.96. The molecule has 4 rings (SSSR count). The molecule has 2 aliphatic rings. The van der Waals surface area contributed by atoms with Crippen LogP contribution in [-0.2, 0) is 6.18 Å². The maximum atomic E-state index is 12.7. The van der Waals surface area contributed by atoms with E-state index in [2.05, 4.69) is 30.4 Å². The first-order valence-electron chi connectivity index (χ1n) is 9.31. The van der Waals surface area contributed by atoms with Crippen molar-refractivity contribution in [3.8, 4) is 17.1 Å². The zero-order valence-electron chi connectivity index (χ0n) is 15.4. The predicted octanol–water partition coefficient (Wildman–Crippen LogP) is 3.01. The summed E-state index contributed by atoms with van der Waals surface area (Å²) in [7, 11) is 0. The normalized spacial score (nSPS) is 22.9. The highest BCUT2D eigenvalue weighted by Crippen LogP contribution is 2.35. The number of hydrogen-bond donors (Lipinski definition) is 2. The number of piperidine rings is 1. The molecule has 0 aromatic carbocycles. The summed E-state index contributed by atoms with van der Waals surface area (Å²) in [6.07, 6.45) is 0.571. The van der Waals surface area contributed by atoms with Crippen molar-refractivity contribution in [3.63, 3.8) is 0 Å². The summed E-state index contributed by atoms with van der Waals surface area (Å²) < 4.78 is 38.2. The first kappa shape index (κ1) is 18.9. The van der Waals surface area contributed by atoms with E-state index in [1.807, 2.05) is 0 Å². The molecule has 0 aliphatic carbocycles. The van der Waals surface area contributed by atoms with Gasteiger partial charge in [-0.05, 0) is 51.8 Å². The van der Waals surface area contributed by atoms with Crippen LogP contribution in [0.25, 0.3) is 11.4 Å². The molecular formula is C18H21F3N6O. The number of aryl methyl sites for hydroxylation is 1. The SMILES string of the molecule is Cc1nc(NC2CCCN3CCCC23)nnc1-c1ncc(C(F)(F)F)cc1O. The van der Waals surface area contributed by atoms with Crippen molar-refractivity contribution in [2.24, 2.45) is 0 Å². The fourth-order valence-corrected chi connectivity index (χ4v) is 4.10. The van der Waals surface area contributed by atoms with Crippen molar-refractivity contribution >= 4 is 5.95 Å². The van der Waals surface area contributed by atoms with Gasteiger partial charge in [-0.15, -0.1) is 10.2 Å². The van der Waals surface area contributed by atoms with E-state index >= 15 is 0 Å². The van der Waals surface area contributed by atoms with Crippen LogP contribution in [0.5, 0.6) is 5.75 Å². The Kier molecular flexibility index (Phi) is 4.82. The standard InChI is InChI=1S/C18H21F3N6O/c1-10-15(16-14(28)8-11(9-22-16)18(19,20)21)25-26-17(23-10)24-12-4-2-6-27-7-3-5-13(12)27/h8-9,12-13,28H,2-7H2,1H3,(H,23,24,26). The van der Waals surface area contributed by atoms with E-state index in [1.165, 1.54) is 6.42 Å². The first-order valence-corrected chi connectivity index (χ1v) is 9.31. The zero-order chi connectivity index (χ0) is 19.9. The third-order valence-electron chi connectivity index (χ3n) is 5.43. The molecule has 2 saturated heterocycles. The minimum absolute atomic E-state index is 0.0725. The molecule has 0 bridgehead atoms. The number of nitrogens with one attached hydrogen (secondary N) is 1. The Balaban J connectivity index is 1.55. The molecule has 0 spiro atoms. The zero-order valence-corrected chi connectivity index (χ0v) is 15.4. The number of rotatable bonds is 3. The highest BCUT2D eigenvalue weighted by atomic mass is 19.4. The summed E-state index contributed by atoms with van der Waals surface area (Å²) in [4.78, 5) is 10.6. The molecule has 7 nitrogen and oxygen atoms in total. The lowest BCUT2D eigenvalue weighted by Crippen LogP contribution is -2.47. The van der Waals surface area contributed by atoms with Crippen LogP contribution in [-0.4, -0.2) is 55.3 Å². The average molecular weight is 394 g/mol. The molecule has 2 aliphatic heterocycles. The molecule has 2 unspecified atom stereocenters. The van der Waals surface area contributed by atoms with Crippen LogP contribution in [0.15, 0.2) is 12.3 Å². The summed E-state index contributed by atoms with van der Waals surface area (Å²) in [6.45, 7) is 3.91. The third kappa shape index (κ3) is 3.60. The van der Waals surface area contributed by atoms with Crippen LogP contribution in [0.2, 0.25) is 0 Å². The van der Waals surface area contributed by atoms with Gasteiger partial charge in [-0.3, -0.25) is 4.90 Å². The van der Waals surface area contributed by atoms with Gasteiger partial charge in [0, 0.05) is 18.3 Å². The lowest BCUT2D eigenvalue weighted by molar-refractivity contribution is -0.137. The van der Waals surface area contributed by atoms with Gasteiger partial charge in [0.2, 0.25) is 5.95 Å². The Bertz CT molecular complexity index is 875. The maximum Gasteiger partial charge on any atom is 0.418 e. The van der Waals surface area contributed by atoms with E-state index in [1.54, 1.807) is 6.92 Å². The average Bonchev–Trinajstić information content (AvgIpc) is 3.11. The quantitative estimate of drug-likeness (QED) is 0.828. The van der Waals surface area contributed by atoms with Crippen molar-refractivity contribution in [3.05, 3.63) is 23.5 Å². The van der Waals surface area contributed by atoms with Gasteiger partial charge in [0.25, 0.3) is 0 Å². The predicted molar refractivity (Wildman–Crippen MR) is 95.7 cm³/mol.